The van der Waals surface area contributed by atoms with E-state index in [1.807, 2.05) is 44.2 Å². The van der Waals surface area contributed by atoms with E-state index in [0.29, 0.717) is 24.6 Å². The van der Waals surface area contributed by atoms with E-state index in [4.69, 9.17) is 9.72 Å². The molecule has 0 aliphatic rings. The fourth-order valence-corrected chi connectivity index (χ4v) is 3.32. The molecule has 0 aliphatic carbocycles. The minimum atomic E-state index is -0.962. The summed E-state index contributed by atoms with van der Waals surface area (Å²) in [6.07, 6.45) is 0.658. The number of ether oxygens (including phenoxy) is 1. The number of aryl methyl sites for hydroxylation is 2. The molecule has 0 spiro atoms. The Balaban J connectivity index is 1.67. The predicted octanol–water partition coefficient (Wildman–Crippen LogP) is 2.23. The number of rotatable bonds is 9. The minimum absolute atomic E-state index is 0.0942. The fourth-order valence-electron chi connectivity index (χ4n) is 3.32. The zero-order valence-corrected chi connectivity index (χ0v) is 18.2. The van der Waals surface area contributed by atoms with Gasteiger partial charge in [0.25, 0.3) is 0 Å². The maximum Gasteiger partial charge on any atom is 0.249 e. The summed E-state index contributed by atoms with van der Waals surface area (Å²) in [7, 11) is 1.65. The fraction of sp³-hybridized carbons (Fsp3) is 0.524. The second-order valence-electron chi connectivity index (χ2n) is 7.79. The number of carbonyl (C=O) groups excluding carboxylic acids is 1. The molecule has 0 bridgehead atoms. The Morgan fingerprint density at radius 1 is 1.20 bits per heavy atom. The Morgan fingerprint density at radius 3 is 2.63 bits per heavy atom. The van der Waals surface area contributed by atoms with E-state index < -0.39 is 6.10 Å². The molecule has 0 fully saturated rings. The molecule has 0 saturated heterocycles. The molecule has 30 heavy (non-hydrogen) atoms. The molecule has 2 heterocycles. The van der Waals surface area contributed by atoms with E-state index in [2.05, 4.69) is 20.8 Å². The van der Waals surface area contributed by atoms with Crippen molar-refractivity contribution >= 4 is 28.4 Å². The van der Waals surface area contributed by atoms with E-state index in [1.54, 1.807) is 7.11 Å². The number of nitrogens with one attached hydrogen (secondary N) is 2. The number of amides is 1. The number of methoxy groups -OCH3 is 1. The van der Waals surface area contributed by atoms with Crippen LogP contribution in [0.5, 0.6) is 5.75 Å². The van der Waals surface area contributed by atoms with Crippen molar-refractivity contribution in [1.82, 2.24) is 24.9 Å². The van der Waals surface area contributed by atoms with Crippen LogP contribution in [0.25, 0.3) is 16.7 Å². The van der Waals surface area contributed by atoms with Crippen molar-refractivity contribution in [2.75, 3.05) is 25.5 Å². The summed E-state index contributed by atoms with van der Waals surface area (Å²) in [4.78, 5) is 16.5. The summed E-state index contributed by atoms with van der Waals surface area (Å²) < 4.78 is 7.42. The van der Waals surface area contributed by atoms with Crippen molar-refractivity contribution in [3.05, 3.63) is 23.5 Å². The second-order valence-corrected chi connectivity index (χ2v) is 7.79. The molecule has 3 rings (SSSR count). The predicted molar refractivity (Wildman–Crippen MR) is 116 cm³/mol. The van der Waals surface area contributed by atoms with Crippen molar-refractivity contribution in [2.24, 2.45) is 5.92 Å². The third kappa shape index (κ3) is 4.46. The molecule has 1 amide bonds. The van der Waals surface area contributed by atoms with E-state index in [0.717, 1.165) is 41.0 Å². The van der Waals surface area contributed by atoms with Gasteiger partial charge in [0.15, 0.2) is 5.82 Å². The molecule has 0 unspecified atom stereocenters. The highest BCUT2D eigenvalue weighted by molar-refractivity contribution is 5.85. The number of aliphatic hydroxyl groups excluding tert-OH is 1. The average molecular weight is 415 g/mol. The topological polar surface area (TPSA) is 114 Å². The van der Waals surface area contributed by atoms with Gasteiger partial charge in [-0.15, -0.1) is 10.2 Å². The van der Waals surface area contributed by atoms with Gasteiger partial charge in [0, 0.05) is 19.2 Å². The lowest BCUT2D eigenvalue weighted by Crippen LogP contribution is -2.38. The Bertz CT molecular complexity index is 1050. The first kappa shape index (κ1) is 21.8. The minimum Gasteiger partial charge on any atom is -0.496 e. The zero-order valence-electron chi connectivity index (χ0n) is 18.2. The van der Waals surface area contributed by atoms with Gasteiger partial charge in [0.2, 0.25) is 11.6 Å². The molecular weight excluding hydrogens is 384 g/mol. The van der Waals surface area contributed by atoms with Crippen LogP contribution in [0.4, 0.5) is 5.82 Å². The van der Waals surface area contributed by atoms with Crippen molar-refractivity contribution in [1.29, 1.82) is 0 Å². The Labute approximate surface area is 175 Å². The van der Waals surface area contributed by atoms with Gasteiger partial charge in [-0.3, -0.25) is 9.20 Å². The summed E-state index contributed by atoms with van der Waals surface area (Å²) in [5.74, 6) is 1.83. The number of aromatic nitrogens is 4. The summed E-state index contributed by atoms with van der Waals surface area (Å²) >= 11 is 0. The smallest absolute Gasteiger partial charge is 0.249 e. The van der Waals surface area contributed by atoms with Crippen LogP contribution in [0.2, 0.25) is 0 Å². The van der Waals surface area contributed by atoms with Gasteiger partial charge in [-0.25, -0.2) is 4.98 Å². The standard InChI is InChI=1S/C21H30N6O3/c1-12(2)18(28)21(29)23-9-7-6-8-22-19-20-26-25-14(4)27(20)16-11-17(30-5)13(3)10-15(16)24-19/h10-12,18,28H,6-9H2,1-5H3,(H,22,24)(H,23,29)/t18-/m0/s1. The van der Waals surface area contributed by atoms with E-state index in [1.165, 1.54) is 0 Å². The third-order valence-electron chi connectivity index (χ3n) is 5.10. The average Bonchev–Trinajstić information content (AvgIpc) is 3.11. The highest BCUT2D eigenvalue weighted by Crippen LogP contribution is 2.28. The number of hydrogen-bond donors (Lipinski definition) is 3. The van der Waals surface area contributed by atoms with Crippen LogP contribution >= 0.6 is 0 Å². The number of fused-ring (bicyclic) bond motifs is 3. The molecule has 0 saturated carbocycles. The van der Waals surface area contributed by atoms with Crippen LogP contribution < -0.4 is 15.4 Å². The number of nitrogens with zero attached hydrogens (tertiary/aromatic N) is 4. The Hall–Kier alpha value is -2.94. The summed E-state index contributed by atoms with van der Waals surface area (Å²) in [5.41, 5.74) is 3.40. The second kappa shape index (κ2) is 9.25. The summed E-state index contributed by atoms with van der Waals surface area (Å²) in [5, 5.41) is 24.3. The SMILES string of the molecule is COc1cc2c(cc1C)nc(NCCCCNC(=O)[C@@H](O)C(C)C)c1nnc(C)n12. The van der Waals surface area contributed by atoms with E-state index in [9.17, 15) is 9.90 Å². The van der Waals surface area contributed by atoms with Crippen LogP contribution in [-0.2, 0) is 4.79 Å². The number of carbonyl (C=O) groups is 1. The largest absolute Gasteiger partial charge is 0.496 e. The van der Waals surface area contributed by atoms with Crippen LogP contribution in [0.3, 0.4) is 0 Å². The molecule has 0 radical (unpaired) electrons. The molecule has 3 N–H and O–H groups in total. The zero-order chi connectivity index (χ0) is 21.8. The highest BCUT2D eigenvalue weighted by atomic mass is 16.5. The molecule has 9 nitrogen and oxygen atoms in total. The van der Waals surface area contributed by atoms with Gasteiger partial charge < -0.3 is 20.5 Å². The van der Waals surface area contributed by atoms with Gasteiger partial charge in [-0.05, 0) is 44.2 Å². The number of benzene rings is 1. The van der Waals surface area contributed by atoms with E-state index in [-0.39, 0.29) is 11.8 Å². The maximum absolute atomic E-state index is 11.8. The molecule has 9 heteroatoms. The van der Waals surface area contributed by atoms with Crippen LogP contribution in [0.15, 0.2) is 12.1 Å². The first-order valence-corrected chi connectivity index (χ1v) is 10.2. The van der Waals surface area contributed by atoms with E-state index >= 15 is 0 Å². The van der Waals surface area contributed by atoms with Crippen molar-refractivity contribution in [3.8, 4) is 5.75 Å². The normalized spacial score (nSPS) is 12.5. The summed E-state index contributed by atoms with van der Waals surface area (Å²) in [6, 6.07) is 3.95. The molecule has 1 aromatic carbocycles. The number of hydrogen-bond acceptors (Lipinski definition) is 7. The molecule has 162 valence electrons. The lowest BCUT2D eigenvalue weighted by Gasteiger charge is -2.14. The van der Waals surface area contributed by atoms with Gasteiger partial charge in [0.1, 0.15) is 17.7 Å². The van der Waals surface area contributed by atoms with Crippen LogP contribution in [-0.4, -0.2) is 56.9 Å². The lowest BCUT2D eigenvalue weighted by atomic mass is 10.1. The third-order valence-corrected chi connectivity index (χ3v) is 5.10. The number of unbranched alkanes of at least 4 members (excludes halogenated alkanes) is 1. The Kier molecular flexibility index (Phi) is 6.71. The van der Waals surface area contributed by atoms with Crippen LogP contribution in [0, 0.1) is 19.8 Å². The summed E-state index contributed by atoms with van der Waals surface area (Å²) in [6.45, 7) is 8.72. The first-order chi connectivity index (χ1) is 14.3. The maximum atomic E-state index is 11.8. The van der Waals surface area contributed by atoms with Crippen molar-refractivity contribution in [2.45, 2.75) is 46.6 Å². The first-order valence-electron chi connectivity index (χ1n) is 10.2. The lowest BCUT2D eigenvalue weighted by molar-refractivity contribution is -0.131. The van der Waals surface area contributed by atoms with Gasteiger partial charge in [-0.2, -0.15) is 0 Å². The molecule has 3 aromatic rings. The molecule has 0 aliphatic heterocycles. The Morgan fingerprint density at radius 2 is 1.93 bits per heavy atom. The molecular formula is C21H30N6O3. The van der Waals surface area contributed by atoms with Gasteiger partial charge in [-0.1, -0.05) is 13.8 Å². The van der Waals surface area contributed by atoms with Gasteiger partial charge in [0.05, 0.1) is 18.1 Å². The monoisotopic (exact) mass is 414 g/mol. The quantitative estimate of drug-likeness (QED) is 0.460. The van der Waals surface area contributed by atoms with Crippen molar-refractivity contribution in [3.63, 3.8) is 0 Å². The molecule has 1 atom stereocenters. The molecule has 2 aromatic heterocycles. The number of anilines is 1. The van der Waals surface area contributed by atoms with Gasteiger partial charge >= 0.3 is 0 Å². The highest BCUT2D eigenvalue weighted by Gasteiger charge is 2.18. The number of aliphatic hydroxyl groups is 1. The van der Waals surface area contributed by atoms with Crippen molar-refractivity contribution < 1.29 is 14.6 Å². The van der Waals surface area contributed by atoms with Crippen LogP contribution in [0.1, 0.15) is 38.1 Å².